The predicted molar refractivity (Wildman–Crippen MR) is 92.2 cm³/mol. The van der Waals surface area contributed by atoms with Gasteiger partial charge in [0.15, 0.2) is 0 Å². The lowest BCUT2D eigenvalue weighted by Gasteiger charge is -2.38. The zero-order valence-electron chi connectivity index (χ0n) is 14.3. The molecule has 5 heteroatoms. The molecule has 3 rings (SSSR count). The molecule has 1 N–H and O–H groups in total. The van der Waals surface area contributed by atoms with E-state index in [2.05, 4.69) is 5.32 Å². The number of amides is 1. The highest BCUT2D eigenvalue weighted by Crippen LogP contribution is 2.44. The molecule has 2 aliphatic rings. The first-order valence-electron chi connectivity index (χ1n) is 8.47. The molecular formula is C19H25NO4. The summed E-state index contributed by atoms with van der Waals surface area (Å²) in [5.74, 6) is 1.96. The van der Waals surface area contributed by atoms with E-state index in [-0.39, 0.29) is 11.4 Å². The SMILES string of the molecule is COc1ccc(C=CC(=O)NC2(C3CC3)CCOCC2)c(OC)c1. The maximum absolute atomic E-state index is 12.4. The fourth-order valence-corrected chi connectivity index (χ4v) is 3.42. The highest BCUT2D eigenvalue weighted by atomic mass is 16.5. The Morgan fingerprint density at radius 2 is 2.00 bits per heavy atom. The third-order valence-electron chi connectivity index (χ3n) is 4.97. The Bertz CT molecular complexity index is 616. The molecule has 1 saturated heterocycles. The molecule has 1 aliphatic carbocycles. The van der Waals surface area contributed by atoms with Crippen LogP contribution in [0.2, 0.25) is 0 Å². The van der Waals surface area contributed by atoms with E-state index in [4.69, 9.17) is 14.2 Å². The highest BCUT2D eigenvalue weighted by Gasteiger charge is 2.46. The van der Waals surface area contributed by atoms with E-state index in [0.717, 1.165) is 37.4 Å². The first-order valence-corrected chi connectivity index (χ1v) is 8.47. The maximum Gasteiger partial charge on any atom is 0.244 e. The van der Waals surface area contributed by atoms with Crippen molar-refractivity contribution in [2.45, 2.75) is 31.2 Å². The van der Waals surface area contributed by atoms with E-state index in [1.54, 1.807) is 26.4 Å². The number of carbonyl (C=O) groups excluding carboxylic acids is 1. The van der Waals surface area contributed by atoms with E-state index in [1.807, 2.05) is 18.2 Å². The summed E-state index contributed by atoms with van der Waals surface area (Å²) in [6, 6.07) is 5.54. The van der Waals surface area contributed by atoms with Gasteiger partial charge in [0.2, 0.25) is 5.91 Å². The van der Waals surface area contributed by atoms with Crippen LogP contribution >= 0.6 is 0 Å². The van der Waals surface area contributed by atoms with Gasteiger partial charge in [-0.3, -0.25) is 4.79 Å². The van der Waals surface area contributed by atoms with Crippen LogP contribution in [0.25, 0.3) is 6.08 Å². The summed E-state index contributed by atoms with van der Waals surface area (Å²) in [5.41, 5.74) is 0.768. The quantitative estimate of drug-likeness (QED) is 0.815. The predicted octanol–water partition coefficient (Wildman–Crippen LogP) is 2.79. The number of hydrogen-bond donors (Lipinski definition) is 1. The maximum atomic E-state index is 12.4. The summed E-state index contributed by atoms with van der Waals surface area (Å²) in [6.45, 7) is 1.46. The summed E-state index contributed by atoms with van der Waals surface area (Å²) in [6.07, 6.45) is 7.59. The summed E-state index contributed by atoms with van der Waals surface area (Å²) in [7, 11) is 3.22. The van der Waals surface area contributed by atoms with Crippen molar-refractivity contribution >= 4 is 12.0 Å². The summed E-state index contributed by atoms with van der Waals surface area (Å²) in [4.78, 5) is 12.4. The molecule has 2 fully saturated rings. The zero-order chi connectivity index (χ0) is 17.0. The van der Waals surface area contributed by atoms with E-state index in [0.29, 0.717) is 11.7 Å². The van der Waals surface area contributed by atoms with E-state index < -0.39 is 0 Å². The molecule has 0 unspecified atom stereocenters. The van der Waals surface area contributed by atoms with Gasteiger partial charge < -0.3 is 19.5 Å². The summed E-state index contributed by atoms with van der Waals surface area (Å²) in [5, 5.41) is 3.25. The minimum atomic E-state index is -0.0797. The Labute approximate surface area is 143 Å². The average molecular weight is 331 g/mol. The van der Waals surface area contributed by atoms with Crippen molar-refractivity contribution in [2.24, 2.45) is 5.92 Å². The lowest BCUT2D eigenvalue weighted by Crippen LogP contribution is -2.53. The number of benzene rings is 1. The standard InChI is InChI=1S/C19H25NO4/c1-22-16-7-3-14(17(13-16)23-2)4-8-18(21)20-19(15-5-6-15)9-11-24-12-10-19/h3-4,7-8,13,15H,5-6,9-12H2,1-2H3,(H,20,21). The number of nitrogens with one attached hydrogen (secondary N) is 1. The van der Waals surface area contributed by atoms with Gasteiger partial charge in [-0.15, -0.1) is 0 Å². The van der Waals surface area contributed by atoms with Crippen LogP contribution in [0.5, 0.6) is 11.5 Å². The van der Waals surface area contributed by atoms with Crippen LogP contribution in [0.1, 0.15) is 31.2 Å². The molecule has 0 radical (unpaired) electrons. The first-order chi connectivity index (χ1) is 11.7. The van der Waals surface area contributed by atoms with Gasteiger partial charge in [0.05, 0.1) is 14.2 Å². The first kappa shape index (κ1) is 16.8. The molecule has 5 nitrogen and oxygen atoms in total. The van der Waals surface area contributed by atoms with Gasteiger partial charge in [0, 0.05) is 36.5 Å². The number of hydrogen-bond acceptors (Lipinski definition) is 4. The minimum Gasteiger partial charge on any atom is -0.497 e. The molecule has 24 heavy (non-hydrogen) atoms. The number of methoxy groups -OCH3 is 2. The Balaban J connectivity index is 1.68. The molecule has 130 valence electrons. The third kappa shape index (κ3) is 3.73. The van der Waals surface area contributed by atoms with Gasteiger partial charge in [0.1, 0.15) is 11.5 Å². The molecule has 0 atom stereocenters. The molecule has 1 aromatic rings. The van der Waals surface area contributed by atoms with E-state index in [1.165, 1.54) is 12.8 Å². The Hall–Kier alpha value is -2.01. The molecule has 0 spiro atoms. The molecule has 0 bridgehead atoms. The Kier molecular flexibility index (Phi) is 5.09. The van der Waals surface area contributed by atoms with Crippen LogP contribution in [0.4, 0.5) is 0 Å². The van der Waals surface area contributed by atoms with Gasteiger partial charge in [0.25, 0.3) is 0 Å². The van der Waals surface area contributed by atoms with Crippen molar-refractivity contribution in [1.29, 1.82) is 0 Å². The number of rotatable bonds is 6. The number of ether oxygens (including phenoxy) is 3. The molecule has 1 saturated carbocycles. The Morgan fingerprint density at radius 1 is 1.25 bits per heavy atom. The van der Waals surface area contributed by atoms with Crippen LogP contribution in [0.15, 0.2) is 24.3 Å². The van der Waals surface area contributed by atoms with Crippen LogP contribution in [0.3, 0.4) is 0 Å². The summed E-state index contributed by atoms with van der Waals surface area (Å²) >= 11 is 0. The molecule has 1 aromatic carbocycles. The second-order valence-corrected chi connectivity index (χ2v) is 6.47. The van der Waals surface area contributed by atoms with Gasteiger partial charge >= 0.3 is 0 Å². The van der Waals surface area contributed by atoms with Crippen LogP contribution in [-0.2, 0) is 9.53 Å². The van der Waals surface area contributed by atoms with Crippen LogP contribution < -0.4 is 14.8 Å². The van der Waals surface area contributed by atoms with Crippen molar-refractivity contribution < 1.29 is 19.0 Å². The largest absolute Gasteiger partial charge is 0.497 e. The fraction of sp³-hybridized carbons (Fsp3) is 0.526. The van der Waals surface area contributed by atoms with Crippen molar-refractivity contribution in [3.05, 3.63) is 29.8 Å². The lowest BCUT2D eigenvalue weighted by atomic mass is 9.85. The topological polar surface area (TPSA) is 56.8 Å². The summed E-state index contributed by atoms with van der Waals surface area (Å²) < 4.78 is 16.0. The molecule has 1 amide bonds. The zero-order valence-corrected chi connectivity index (χ0v) is 14.3. The fourth-order valence-electron chi connectivity index (χ4n) is 3.42. The normalized spacial score (nSPS) is 19.9. The molecule has 0 aromatic heterocycles. The third-order valence-corrected chi connectivity index (χ3v) is 4.97. The van der Waals surface area contributed by atoms with Gasteiger partial charge in [-0.2, -0.15) is 0 Å². The monoisotopic (exact) mass is 331 g/mol. The van der Waals surface area contributed by atoms with E-state index in [9.17, 15) is 4.79 Å². The minimum absolute atomic E-state index is 0.0540. The smallest absolute Gasteiger partial charge is 0.244 e. The van der Waals surface area contributed by atoms with Gasteiger partial charge in [-0.1, -0.05) is 0 Å². The molecular weight excluding hydrogens is 306 g/mol. The van der Waals surface area contributed by atoms with Crippen molar-refractivity contribution in [1.82, 2.24) is 5.32 Å². The van der Waals surface area contributed by atoms with Crippen molar-refractivity contribution in [3.63, 3.8) is 0 Å². The highest BCUT2D eigenvalue weighted by molar-refractivity contribution is 5.92. The van der Waals surface area contributed by atoms with E-state index >= 15 is 0 Å². The van der Waals surface area contributed by atoms with Crippen LogP contribution in [0, 0.1) is 5.92 Å². The molecule has 1 heterocycles. The number of carbonyl (C=O) groups is 1. The second kappa shape index (κ2) is 7.26. The Morgan fingerprint density at radius 3 is 2.62 bits per heavy atom. The molecule has 1 aliphatic heterocycles. The van der Waals surface area contributed by atoms with Crippen molar-refractivity contribution in [2.75, 3.05) is 27.4 Å². The van der Waals surface area contributed by atoms with Gasteiger partial charge in [-0.25, -0.2) is 0 Å². The van der Waals surface area contributed by atoms with Crippen LogP contribution in [-0.4, -0.2) is 38.9 Å². The average Bonchev–Trinajstić information content (AvgIpc) is 3.46. The second-order valence-electron chi connectivity index (χ2n) is 6.47. The van der Waals surface area contributed by atoms with Gasteiger partial charge in [-0.05, 0) is 49.8 Å². The lowest BCUT2D eigenvalue weighted by molar-refractivity contribution is -0.120. The van der Waals surface area contributed by atoms with Crippen molar-refractivity contribution in [3.8, 4) is 11.5 Å².